The number of hydrogen-bond acceptors (Lipinski definition) is 3. The first-order chi connectivity index (χ1) is 7.66. The Balaban J connectivity index is 2.15. The maximum absolute atomic E-state index is 11.7. The van der Waals surface area contributed by atoms with Crippen LogP contribution in [0.3, 0.4) is 0 Å². The minimum Gasteiger partial charge on any atom is -0.398 e. The Morgan fingerprint density at radius 3 is 2.81 bits per heavy atom. The molecule has 82 valence electrons. The number of nitrogen functional groups attached to an aromatic ring is 1. The van der Waals surface area contributed by atoms with Crippen molar-refractivity contribution in [2.24, 2.45) is 0 Å². The molecule has 3 N–H and O–H groups in total. The molecule has 0 aliphatic heterocycles. The Bertz CT molecular complexity index is 511. The third-order valence-corrected chi connectivity index (χ3v) is 3.44. The Hall–Kier alpha value is -1.33. The van der Waals surface area contributed by atoms with Crippen molar-refractivity contribution in [2.45, 2.75) is 0 Å². The SMILES string of the molecule is Nc1cc(NC(=O)c2ccsc2)ccc1Br. The summed E-state index contributed by atoms with van der Waals surface area (Å²) in [5.74, 6) is -0.122. The molecule has 1 heterocycles. The van der Waals surface area contributed by atoms with Crippen molar-refractivity contribution in [1.82, 2.24) is 0 Å². The van der Waals surface area contributed by atoms with E-state index in [9.17, 15) is 4.79 Å². The number of nitrogens with two attached hydrogens (primary N) is 1. The molecule has 2 aromatic rings. The fourth-order valence-electron chi connectivity index (χ4n) is 1.22. The molecule has 0 saturated carbocycles. The maximum Gasteiger partial charge on any atom is 0.256 e. The van der Waals surface area contributed by atoms with Gasteiger partial charge in [-0.1, -0.05) is 0 Å². The van der Waals surface area contributed by atoms with Crippen molar-refractivity contribution in [1.29, 1.82) is 0 Å². The van der Waals surface area contributed by atoms with Gasteiger partial charge in [-0.3, -0.25) is 4.79 Å². The molecule has 0 spiro atoms. The van der Waals surface area contributed by atoms with Gasteiger partial charge in [0, 0.05) is 21.2 Å². The summed E-state index contributed by atoms with van der Waals surface area (Å²) in [6, 6.07) is 7.10. The lowest BCUT2D eigenvalue weighted by atomic mass is 10.2. The molecular formula is C11H9BrN2OS. The van der Waals surface area contributed by atoms with Crippen molar-refractivity contribution in [2.75, 3.05) is 11.1 Å². The van der Waals surface area contributed by atoms with Gasteiger partial charge in [-0.05, 0) is 45.6 Å². The summed E-state index contributed by atoms with van der Waals surface area (Å²) < 4.78 is 0.820. The van der Waals surface area contributed by atoms with Crippen molar-refractivity contribution < 1.29 is 4.79 Å². The largest absolute Gasteiger partial charge is 0.398 e. The lowest BCUT2D eigenvalue weighted by Gasteiger charge is -2.05. The number of thiophene rings is 1. The van der Waals surface area contributed by atoms with E-state index in [0.29, 0.717) is 16.9 Å². The van der Waals surface area contributed by atoms with E-state index < -0.39 is 0 Å². The number of rotatable bonds is 2. The van der Waals surface area contributed by atoms with Gasteiger partial charge >= 0.3 is 0 Å². The summed E-state index contributed by atoms with van der Waals surface area (Å²) in [6.07, 6.45) is 0. The summed E-state index contributed by atoms with van der Waals surface area (Å²) in [5.41, 5.74) is 7.67. The molecule has 0 aliphatic rings. The van der Waals surface area contributed by atoms with Crippen LogP contribution < -0.4 is 11.1 Å². The molecule has 0 fully saturated rings. The second-order valence-electron chi connectivity index (χ2n) is 3.20. The van der Waals surface area contributed by atoms with Gasteiger partial charge in [0.2, 0.25) is 0 Å². The number of amides is 1. The third kappa shape index (κ3) is 2.43. The first-order valence-electron chi connectivity index (χ1n) is 4.55. The number of carbonyl (C=O) groups excluding carboxylic acids is 1. The van der Waals surface area contributed by atoms with Crippen LogP contribution in [0.1, 0.15) is 10.4 Å². The smallest absolute Gasteiger partial charge is 0.256 e. The predicted molar refractivity (Wildman–Crippen MR) is 70.8 cm³/mol. The van der Waals surface area contributed by atoms with Gasteiger partial charge in [-0.2, -0.15) is 11.3 Å². The van der Waals surface area contributed by atoms with Crippen LogP contribution in [-0.2, 0) is 0 Å². The van der Waals surface area contributed by atoms with Crippen LogP contribution in [0.25, 0.3) is 0 Å². The average molecular weight is 297 g/mol. The number of benzene rings is 1. The highest BCUT2D eigenvalue weighted by molar-refractivity contribution is 9.10. The molecule has 0 unspecified atom stereocenters. The molecule has 2 rings (SSSR count). The van der Waals surface area contributed by atoms with Crippen LogP contribution >= 0.6 is 27.3 Å². The second-order valence-corrected chi connectivity index (χ2v) is 4.84. The molecule has 0 aliphatic carbocycles. The summed E-state index contributed by atoms with van der Waals surface area (Å²) in [6.45, 7) is 0. The Kier molecular flexibility index (Phi) is 3.26. The van der Waals surface area contributed by atoms with Crippen molar-refractivity contribution in [3.63, 3.8) is 0 Å². The Labute approximate surface area is 105 Å². The molecular weight excluding hydrogens is 288 g/mol. The first-order valence-corrected chi connectivity index (χ1v) is 6.29. The van der Waals surface area contributed by atoms with E-state index >= 15 is 0 Å². The number of carbonyl (C=O) groups is 1. The van der Waals surface area contributed by atoms with Crippen LogP contribution in [0.4, 0.5) is 11.4 Å². The number of anilines is 2. The van der Waals surface area contributed by atoms with E-state index in [0.717, 1.165) is 4.47 Å². The van der Waals surface area contributed by atoms with E-state index in [1.807, 2.05) is 5.38 Å². The third-order valence-electron chi connectivity index (χ3n) is 2.04. The Morgan fingerprint density at radius 1 is 1.38 bits per heavy atom. The van der Waals surface area contributed by atoms with Crippen LogP contribution in [0, 0.1) is 0 Å². The van der Waals surface area contributed by atoms with E-state index in [2.05, 4.69) is 21.2 Å². The highest BCUT2D eigenvalue weighted by Crippen LogP contribution is 2.23. The fraction of sp³-hybridized carbons (Fsp3) is 0. The van der Waals surface area contributed by atoms with Crippen LogP contribution in [0.5, 0.6) is 0 Å². The van der Waals surface area contributed by atoms with Crippen LogP contribution in [0.2, 0.25) is 0 Å². The topological polar surface area (TPSA) is 55.1 Å². The summed E-state index contributed by atoms with van der Waals surface area (Å²) in [7, 11) is 0. The number of halogens is 1. The van der Waals surface area contributed by atoms with E-state index in [1.54, 1.807) is 29.6 Å². The van der Waals surface area contributed by atoms with Crippen molar-refractivity contribution in [3.8, 4) is 0 Å². The van der Waals surface area contributed by atoms with Gasteiger partial charge in [-0.15, -0.1) is 0 Å². The van der Waals surface area contributed by atoms with Crippen molar-refractivity contribution in [3.05, 3.63) is 45.1 Å². The van der Waals surface area contributed by atoms with E-state index in [-0.39, 0.29) is 5.91 Å². The molecule has 0 bridgehead atoms. The summed E-state index contributed by atoms with van der Waals surface area (Å²) in [4.78, 5) is 11.7. The van der Waals surface area contributed by atoms with Gasteiger partial charge in [-0.25, -0.2) is 0 Å². The van der Waals surface area contributed by atoms with E-state index in [4.69, 9.17) is 5.73 Å². The number of nitrogens with one attached hydrogen (secondary N) is 1. The highest BCUT2D eigenvalue weighted by Gasteiger charge is 2.06. The maximum atomic E-state index is 11.7. The summed E-state index contributed by atoms with van der Waals surface area (Å²) >= 11 is 4.79. The minimum absolute atomic E-state index is 0.122. The zero-order valence-electron chi connectivity index (χ0n) is 8.24. The molecule has 5 heteroatoms. The molecule has 1 aromatic carbocycles. The quantitative estimate of drug-likeness (QED) is 0.835. The summed E-state index contributed by atoms with van der Waals surface area (Å²) in [5, 5.41) is 6.45. The second kappa shape index (κ2) is 4.67. The zero-order valence-corrected chi connectivity index (χ0v) is 10.6. The molecule has 3 nitrogen and oxygen atoms in total. The number of hydrogen-bond donors (Lipinski definition) is 2. The molecule has 1 amide bonds. The monoisotopic (exact) mass is 296 g/mol. The standard InChI is InChI=1S/C11H9BrN2OS/c12-9-2-1-8(5-10(9)13)14-11(15)7-3-4-16-6-7/h1-6H,13H2,(H,14,15). The van der Waals surface area contributed by atoms with Gasteiger partial charge in [0.05, 0.1) is 5.56 Å². The van der Waals surface area contributed by atoms with Gasteiger partial charge in [0.15, 0.2) is 0 Å². The normalized spacial score (nSPS) is 10.1. The first kappa shape index (κ1) is 11.2. The van der Waals surface area contributed by atoms with Gasteiger partial charge < -0.3 is 11.1 Å². The van der Waals surface area contributed by atoms with Crippen LogP contribution in [0.15, 0.2) is 39.5 Å². The van der Waals surface area contributed by atoms with Gasteiger partial charge in [0.25, 0.3) is 5.91 Å². The predicted octanol–water partition coefficient (Wildman–Crippen LogP) is 3.35. The molecule has 0 radical (unpaired) electrons. The highest BCUT2D eigenvalue weighted by atomic mass is 79.9. The van der Waals surface area contributed by atoms with Crippen LogP contribution in [-0.4, -0.2) is 5.91 Å². The Morgan fingerprint density at radius 2 is 2.19 bits per heavy atom. The minimum atomic E-state index is -0.122. The van der Waals surface area contributed by atoms with E-state index in [1.165, 1.54) is 11.3 Å². The lowest BCUT2D eigenvalue weighted by molar-refractivity contribution is 0.102. The lowest BCUT2D eigenvalue weighted by Crippen LogP contribution is -2.10. The molecule has 1 aromatic heterocycles. The zero-order chi connectivity index (χ0) is 11.5. The van der Waals surface area contributed by atoms with Gasteiger partial charge in [0.1, 0.15) is 0 Å². The molecule has 0 atom stereocenters. The molecule has 16 heavy (non-hydrogen) atoms. The fourth-order valence-corrected chi connectivity index (χ4v) is 2.10. The molecule has 0 saturated heterocycles. The average Bonchev–Trinajstić information content (AvgIpc) is 2.77. The van der Waals surface area contributed by atoms with Crippen molar-refractivity contribution >= 4 is 44.5 Å².